The Morgan fingerprint density at radius 2 is 1.26 bits per heavy atom. The van der Waals surface area contributed by atoms with Crippen molar-refractivity contribution in [2.45, 2.75) is 6.92 Å². The summed E-state index contributed by atoms with van der Waals surface area (Å²) in [5, 5.41) is 0. The monoisotopic (exact) mass is 245 g/mol. The fourth-order valence-corrected chi connectivity index (χ4v) is 2.10. The lowest BCUT2D eigenvalue weighted by atomic mass is 10.0. The molecule has 0 unspecified atom stereocenters. The number of nitrogens with zero attached hydrogens (tertiary/aromatic N) is 1. The summed E-state index contributed by atoms with van der Waals surface area (Å²) in [7, 11) is 0. The van der Waals surface area contributed by atoms with E-state index in [1.165, 1.54) is 16.7 Å². The van der Waals surface area contributed by atoms with Crippen molar-refractivity contribution in [1.29, 1.82) is 0 Å². The summed E-state index contributed by atoms with van der Waals surface area (Å²) in [6.45, 7) is 2.05. The van der Waals surface area contributed by atoms with Gasteiger partial charge in [-0.1, -0.05) is 60.7 Å². The van der Waals surface area contributed by atoms with E-state index in [1.807, 2.05) is 12.3 Å². The van der Waals surface area contributed by atoms with Crippen LogP contribution in [0.2, 0.25) is 0 Å². The van der Waals surface area contributed by atoms with Crippen molar-refractivity contribution in [3.63, 3.8) is 0 Å². The second kappa shape index (κ2) is 5.07. The van der Waals surface area contributed by atoms with Gasteiger partial charge in [-0.05, 0) is 29.7 Å². The van der Waals surface area contributed by atoms with Gasteiger partial charge in [-0.25, -0.2) is 0 Å². The van der Waals surface area contributed by atoms with Gasteiger partial charge < -0.3 is 0 Å². The Hall–Kier alpha value is -2.41. The minimum absolute atomic E-state index is 1.02. The van der Waals surface area contributed by atoms with Crippen LogP contribution in [0.1, 0.15) is 5.56 Å². The van der Waals surface area contributed by atoms with Gasteiger partial charge in [-0.2, -0.15) is 0 Å². The molecule has 0 saturated heterocycles. The zero-order valence-electron chi connectivity index (χ0n) is 10.9. The minimum Gasteiger partial charge on any atom is -0.256 e. The second-order valence-electron chi connectivity index (χ2n) is 4.66. The zero-order chi connectivity index (χ0) is 13.1. The lowest BCUT2D eigenvalue weighted by molar-refractivity contribution is 1.27. The molecule has 0 aliphatic heterocycles. The van der Waals surface area contributed by atoms with E-state index in [-0.39, 0.29) is 0 Å². The summed E-state index contributed by atoms with van der Waals surface area (Å²) >= 11 is 0. The SMILES string of the molecule is Cc1ccc(-c2ccc(-c3ccccc3)cc2)nc1. The third kappa shape index (κ3) is 2.55. The van der Waals surface area contributed by atoms with Gasteiger partial charge in [-0.3, -0.25) is 4.98 Å². The van der Waals surface area contributed by atoms with Gasteiger partial charge in [0.05, 0.1) is 5.69 Å². The first-order valence-electron chi connectivity index (χ1n) is 6.41. The molecule has 0 atom stereocenters. The van der Waals surface area contributed by atoms with Crippen LogP contribution in [0, 0.1) is 6.92 Å². The Kier molecular flexibility index (Phi) is 3.11. The summed E-state index contributed by atoms with van der Waals surface area (Å²) in [5.41, 5.74) is 5.83. The highest BCUT2D eigenvalue weighted by Gasteiger charge is 2.00. The first kappa shape index (κ1) is 11.7. The van der Waals surface area contributed by atoms with Gasteiger partial charge in [0, 0.05) is 11.8 Å². The Morgan fingerprint density at radius 1 is 0.632 bits per heavy atom. The largest absolute Gasteiger partial charge is 0.256 e. The molecule has 3 aromatic rings. The Balaban J connectivity index is 1.93. The van der Waals surface area contributed by atoms with Crippen LogP contribution >= 0.6 is 0 Å². The summed E-state index contributed by atoms with van der Waals surface area (Å²) in [6, 6.07) is 23.1. The normalized spacial score (nSPS) is 10.4. The highest BCUT2D eigenvalue weighted by Crippen LogP contribution is 2.23. The fourth-order valence-electron chi connectivity index (χ4n) is 2.10. The van der Waals surface area contributed by atoms with Gasteiger partial charge in [-0.15, -0.1) is 0 Å². The molecular weight excluding hydrogens is 230 g/mol. The molecule has 0 bridgehead atoms. The molecule has 1 nitrogen and oxygen atoms in total. The molecule has 1 heteroatoms. The second-order valence-corrected chi connectivity index (χ2v) is 4.66. The fraction of sp³-hybridized carbons (Fsp3) is 0.0556. The molecule has 2 aromatic carbocycles. The van der Waals surface area contributed by atoms with Crippen LogP contribution in [0.25, 0.3) is 22.4 Å². The van der Waals surface area contributed by atoms with E-state index in [4.69, 9.17) is 0 Å². The highest BCUT2D eigenvalue weighted by molar-refractivity contribution is 5.68. The van der Waals surface area contributed by atoms with Crippen LogP contribution in [0.15, 0.2) is 72.9 Å². The predicted molar refractivity (Wildman–Crippen MR) is 79.8 cm³/mol. The third-order valence-corrected chi connectivity index (χ3v) is 3.20. The average Bonchev–Trinajstić information content (AvgIpc) is 2.49. The summed E-state index contributed by atoms with van der Waals surface area (Å²) in [5.74, 6) is 0. The summed E-state index contributed by atoms with van der Waals surface area (Å²) in [4.78, 5) is 4.45. The molecule has 19 heavy (non-hydrogen) atoms. The molecule has 0 amide bonds. The molecule has 0 N–H and O–H groups in total. The van der Waals surface area contributed by atoms with Crippen molar-refractivity contribution in [3.8, 4) is 22.4 Å². The summed E-state index contributed by atoms with van der Waals surface area (Å²) < 4.78 is 0. The van der Waals surface area contributed by atoms with Crippen molar-refractivity contribution in [2.75, 3.05) is 0 Å². The van der Waals surface area contributed by atoms with E-state index < -0.39 is 0 Å². The molecule has 92 valence electrons. The quantitative estimate of drug-likeness (QED) is 0.636. The Morgan fingerprint density at radius 3 is 1.89 bits per heavy atom. The van der Waals surface area contributed by atoms with Crippen LogP contribution < -0.4 is 0 Å². The number of pyridine rings is 1. The van der Waals surface area contributed by atoms with Crippen LogP contribution in [0.5, 0.6) is 0 Å². The van der Waals surface area contributed by atoms with E-state index in [1.54, 1.807) is 0 Å². The highest BCUT2D eigenvalue weighted by atomic mass is 14.7. The van der Waals surface area contributed by atoms with Crippen LogP contribution in [0.3, 0.4) is 0 Å². The average molecular weight is 245 g/mol. The van der Waals surface area contributed by atoms with Gasteiger partial charge in [0.1, 0.15) is 0 Å². The first-order valence-corrected chi connectivity index (χ1v) is 6.41. The molecule has 0 fully saturated rings. The van der Waals surface area contributed by atoms with E-state index in [9.17, 15) is 0 Å². The van der Waals surface area contributed by atoms with Crippen LogP contribution in [0.4, 0.5) is 0 Å². The number of rotatable bonds is 2. The van der Waals surface area contributed by atoms with Crippen molar-refractivity contribution >= 4 is 0 Å². The molecule has 0 radical (unpaired) electrons. The zero-order valence-corrected chi connectivity index (χ0v) is 10.9. The van der Waals surface area contributed by atoms with Gasteiger partial charge in [0.2, 0.25) is 0 Å². The van der Waals surface area contributed by atoms with Crippen LogP contribution in [-0.2, 0) is 0 Å². The van der Waals surface area contributed by atoms with E-state index >= 15 is 0 Å². The molecule has 0 saturated carbocycles. The van der Waals surface area contributed by atoms with Crippen molar-refractivity contribution in [3.05, 3.63) is 78.5 Å². The van der Waals surface area contributed by atoms with Gasteiger partial charge >= 0.3 is 0 Å². The lowest BCUT2D eigenvalue weighted by Crippen LogP contribution is -1.84. The molecule has 0 aliphatic rings. The smallest absolute Gasteiger partial charge is 0.0702 e. The van der Waals surface area contributed by atoms with E-state index in [2.05, 4.69) is 72.6 Å². The van der Waals surface area contributed by atoms with Gasteiger partial charge in [0.15, 0.2) is 0 Å². The van der Waals surface area contributed by atoms with Crippen LogP contribution in [-0.4, -0.2) is 4.98 Å². The first-order chi connectivity index (χ1) is 9.33. The predicted octanol–water partition coefficient (Wildman–Crippen LogP) is 4.72. The van der Waals surface area contributed by atoms with Gasteiger partial charge in [0.25, 0.3) is 0 Å². The minimum atomic E-state index is 1.02. The van der Waals surface area contributed by atoms with E-state index in [0.717, 1.165) is 11.3 Å². The maximum absolute atomic E-state index is 4.45. The topological polar surface area (TPSA) is 12.9 Å². The van der Waals surface area contributed by atoms with Crippen molar-refractivity contribution in [1.82, 2.24) is 4.98 Å². The van der Waals surface area contributed by atoms with E-state index in [0.29, 0.717) is 0 Å². The number of aryl methyl sites for hydroxylation is 1. The molecule has 3 rings (SSSR count). The Labute approximate surface area is 113 Å². The number of benzene rings is 2. The van der Waals surface area contributed by atoms with Crippen molar-refractivity contribution in [2.24, 2.45) is 0 Å². The molecule has 1 heterocycles. The van der Waals surface area contributed by atoms with Crippen molar-refractivity contribution < 1.29 is 0 Å². The molecule has 1 aromatic heterocycles. The number of hydrogen-bond donors (Lipinski definition) is 0. The molecule has 0 aliphatic carbocycles. The molecular formula is C18H15N. The standard InChI is InChI=1S/C18H15N/c1-14-7-12-18(19-13-14)17-10-8-16(9-11-17)15-5-3-2-4-6-15/h2-13H,1H3. The lowest BCUT2D eigenvalue weighted by Gasteiger charge is -2.04. The maximum Gasteiger partial charge on any atom is 0.0702 e. The number of aromatic nitrogens is 1. The third-order valence-electron chi connectivity index (χ3n) is 3.20. The maximum atomic E-state index is 4.45. The summed E-state index contributed by atoms with van der Waals surface area (Å²) in [6.07, 6.45) is 1.90. The number of hydrogen-bond acceptors (Lipinski definition) is 1. The Bertz CT molecular complexity index is 652. The molecule has 0 spiro atoms.